The van der Waals surface area contributed by atoms with Crippen molar-refractivity contribution in [2.45, 2.75) is 6.42 Å². The Balaban J connectivity index is 2.37. The Labute approximate surface area is 53.3 Å². The maximum Gasteiger partial charge on any atom is 0.172 e. The van der Waals surface area contributed by atoms with Gasteiger partial charge in [0.05, 0.1) is 0 Å². The molecule has 0 bridgehead atoms. The zero-order valence-corrected chi connectivity index (χ0v) is 6.01. The Morgan fingerprint density at radius 3 is 3.00 bits per heavy atom. The van der Waals surface area contributed by atoms with Crippen molar-refractivity contribution in [2.24, 2.45) is 0 Å². The Bertz CT molecular complexity index is 103. The van der Waals surface area contributed by atoms with Gasteiger partial charge in [-0.2, -0.15) is 9.12 Å². The summed E-state index contributed by atoms with van der Waals surface area (Å²) in [5.74, 6) is 0. The summed E-state index contributed by atoms with van der Waals surface area (Å²) >= 11 is 0. The van der Waals surface area contributed by atoms with Gasteiger partial charge in [-0.25, -0.2) is 0 Å². The van der Waals surface area contributed by atoms with E-state index < -0.39 is 0 Å². The second-order valence-corrected chi connectivity index (χ2v) is 2.23. The van der Waals surface area contributed by atoms with Gasteiger partial charge in [0, 0.05) is 6.54 Å². The van der Waals surface area contributed by atoms with Gasteiger partial charge in [-0.1, -0.05) is 6.08 Å². The summed E-state index contributed by atoms with van der Waals surface area (Å²) in [6.45, 7) is 4.28. The molecule has 0 amide bonds. The Morgan fingerprint density at radius 1 is 1.75 bits per heavy atom. The topological polar surface area (TPSA) is 12.0 Å². The molecule has 1 aliphatic rings. The normalized spacial score (nSPS) is 19.9. The fourth-order valence-corrected chi connectivity index (χ4v) is 1.09. The van der Waals surface area contributed by atoms with Crippen molar-refractivity contribution in [3.8, 4) is 0 Å². The molecule has 0 fully saturated rings. The van der Waals surface area contributed by atoms with E-state index in [0.717, 1.165) is 13.1 Å². The molecule has 0 spiro atoms. The van der Waals surface area contributed by atoms with Crippen LogP contribution in [0, 0.1) is 0 Å². The molecule has 3 heteroatoms. The molecule has 0 saturated carbocycles. The molecule has 1 atom stereocenters. The van der Waals surface area contributed by atoms with Gasteiger partial charge in [-0.3, -0.25) is 0 Å². The Morgan fingerprint density at radius 2 is 2.62 bits per heavy atom. The highest BCUT2D eigenvalue weighted by molar-refractivity contribution is 7.57. The third-order valence-corrected chi connectivity index (χ3v) is 1.74. The van der Waals surface area contributed by atoms with Gasteiger partial charge in [-0.15, -0.1) is 5.47 Å². The van der Waals surface area contributed by atoms with E-state index in [0.29, 0.717) is 0 Å². The summed E-state index contributed by atoms with van der Waals surface area (Å²) in [4.78, 5) is 0. The average Bonchev–Trinajstić information content (AvgIpc) is 1.90. The third kappa shape index (κ3) is 1.61. The van der Waals surface area contributed by atoms with Gasteiger partial charge < -0.3 is 5.32 Å². The molecule has 1 aliphatic heterocycles. The number of nitrogens with one attached hydrogen (secondary N) is 1. The van der Waals surface area contributed by atoms with E-state index in [1.54, 1.807) is 0 Å². The Hall–Kier alpha value is 0.195. The van der Waals surface area contributed by atoms with Gasteiger partial charge in [0.25, 0.3) is 0 Å². The molecule has 0 aliphatic carbocycles. The fraction of sp³-hybridized carbons (Fsp3) is 0.600. The van der Waals surface area contributed by atoms with Crippen molar-refractivity contribution in [2.75, 3.05) is 13.1 Å². The first-order valence-corrected chi connectivity index (χ1v) is 3.55. The molecule has 8 heavy (non-hydrogen) atoms. The first kappa shape index (κ1) is 6.32. The maximum absolute atomic E-state index is 3.24. The van der Waals surface area contributed by atoms with Crippen LogP contribution in [0.1, 0.15) is 6.42 Å². The van der Waals surface area contributed by atoms with E-state index in [9.17, 15) is 0 Å². The third-order valence-electron chi connectivity index (χ3n) is 1.31. The van der Waals surface area contributed by atoms with Crippen LogP contribution < -0.4 is 5.32 Å². The van der Waals surface area contributed by atoms with Gasteiger partial charge in [0.15, 0.2) is 7.00 Å². The highest BCUT2D eigenvalue weighted by Crippen LogP contribution is 2.03. The lowest BCUT2D eigenvalue weighted by molar-refractivity contribution is 0.721. The lowest BCUT2D eigenvalue weighted by atomic mass is 9.89. The molecule has 0 aromatic heterocycles. The lowest BCUT2D eigenvalue weighted by Crippen LogP contribution is -2.21. The van der Waals surface area contributed by atoms with Crippen LogP contribution in [-0.2, 0) is 0 Å². The van der Waals surface area contributed by atoms with Gasteiger partial charge in [-0.05, 0) is 13.0 Å². The molecule has 0 aromatic carbocycles. The van der Waals surface area contributed by atoms with Crippen LogP contribution in [0.2, 0.25) is 0 Å². The second kappa shape index (κ2) is 3.27. The zero-order valence-electron chi connectivity index (χ0n) is 4.85. The molecule has 1 nitrogen and oxygen atoms in total. The van der Waals surface area contributed by atoms with Crippen molar-refractivity contribution in [3.63, 3.8) is 0 Å². The fourth-order valence-electron chi connectivity index (χ4n) is 0.791. The maximum atomic E-state index is 3.24. The lowest BCUT2D eigenvalue weighted by Gasteiger charge is -2.10. The minimum atomic E-state index is 1.04. The van der Waals surface area contributed by atoms with Crippen molar-refractivity contribution in [3.05, 3.63) is 11.5 Å². The van der Waals surface area contributed by atoms with Gasteiger partial charge in [0.1, 0.15) is 0 Å². The van der Waals surface area contributed by atoms with Crippen LogP contribution in [0.15, 0.2) is 11.5 Å². The number of rotatable bonds is 1. The molecule has 1 radical (unpaired) electrons. The highest BCUT2D eigenvalue weighted by atomic mass is 31.0. The van der Waals surface area contributed by atoms with Gasteiger partial charge in [0.2, 0.25) is 0 Å². The van der Waals surface area contributed by atoms with Crippen molar-refractivity contribution >= 4 is 16.1 Å². The van der Waals surface area contributed by atoms with E-state index >= 15 is 0 Å². The monoisotopic (exact) mass is 126 g/mol. The molecule has 43 valence electrons. The summed E-state index contributed by atoms with van der Waals surface area (Å²) < 4.78 is 0. The highest BCUT2D eigenvalue weighted by Gasteiger charge is 1.98. The molecular formula is C5H10BNP. The van der Waals surface area contributed by atoms with E-state index in [1.807, 2.05) is 0 Å². The molecule has 1 N–H and O–H groups in total. The van der Waals surface area contributed by atoms with Crippen LogP contribution in [0.25, 0.3) is 0 Å². The van der Waals surface area contributed by atoms with Crippen molar-refractivity contribution in [1.29, 1.82) is 0 Å². The van der Waals surface area contributed by atoms with Crippen LogP contribution in [0.4, 0.5) is 0 Å². The standard InChI is InChI=1S/C5H10BNP/c8-6-5-1-3-7-4-2-5/h1,7H,2-4,8H2. The summed E-state index contributed by atoms with van der Waals surface area (Å²) in [7, 11) is 2.63. The Kier molecular flexibility index (Phi) is 2.58. The summed E-state index contributed by atoms with van der Waals surface area (Å²) in [5, 5.41) is 3.24. The van der Waals surface area contributed by atoms with E-state index in [2.05, 4.69) is 27.5 Å². The molecule has 1 heterocycles. The van der Waals surface area contributed by atoms with E-state index in [1.165, 1.54) is 11.9 Å². The minimum absolute atomic E-state index is 1.04. The predicted molar refractivity (Wildman–Crippen MR) is 41.0 cm³/mol. The van der Waals surface area contributed by atoms with E-state index in [-0.39, 0.29) is 0 Å². The second-order valence-electron chi connectivity index (χ2n) is 1.90. The van der Waals surface area contributed by atoms with Crippen LogP contribution in [-0.4, -0.2) is 20.1 Å². The van der Waals surface area contributed by atoms with Crippen LogP contribution >= 0.6 is 9.12 Å². The summed E-state index contributed by atoms with van der Waals surface area (Å²) in [6, 6.07) is 0. The van der Waals surface area contributed by atoms with Crippen molar-refractivity contribution < 1.29 is 0 Å². The molecule has 0 aromatic rings. The molecule has 1 rings (SSSR count). The SMILES string of the molecule is P[B]C1=CCNCC1. The molecule has 1 unspecified atom stereocenters. The first-order chi connectivity index (χ1) is 3.93. The molecule has 0 saturated heterocycles. The number of hydrogen-bond donors (Lipinski definition) is 1. The van der Waals surface area contributed by atoms with Gasteiger partial charge >= 0.3 is 0 Å². The largest absolute Gasteiger partial charge is 0.313 e. The first-order valence-electron chi connectivity index (χ1n) is 2.88. The van der Waals surface area contributed by atoms with Crippen molar-refractivity contribution in [1.82, 2.24) is 5.32 Å². The quantitative estimate of drug-likeness (QED) is 0.395. The van der Waals surface area contributed by atoms with Crippen LogP contribution in [0.5, 0.6) is 0 Å². The summed E-state index contributed by atoms with van der Waals surface area (Å²) in [6.07, 6.45) is 3.40. The van der Waals surface area contributed by atoms with E-state index in [4.69, 9.17) is 0 Å². The summed E-state index contributed by atoms with van der Waals surface area (Å²) in [5.41, 5.74) is 1.45. The smallest absolute Gasteiger partial charge is 0.172 e. The number of hydrogen-bond acceptors (Lipinski definition) is 1. The zero-order chi connectivity index (χ0) is 5.82. The van der Waals surface area contributed by atoms with Crippen LogP contribution in [0.3, 0.4) is 0 Å². The average molecular weight is 126 g/mol. The predicted octanol–water partition coefficient (Wildman–Crippen LogP) is 0.358. The minimum Gasteiger partial charge on any atom is -0.313 e. The molecular weight excluding hydrogens is 116 g/mol.